The minimum Gasteiger partial charge on any atom is -0.497 e. The molecule has 0 saturated carbocycles. The summed E-state index contributed by atoms with van der Waals surface area (Å²) in [5, 5.41) is 1.65. The number of fused-ring (bicyclic) bond motifs is 1. The molecule has 4 nitrogen and oxygen atoms in total. The third-order valence-electron chi connectivity index (χ3n) is 5.97. The number of aryl methyl sites for hydroxylation is 1. The zero-order valence-corrected chi connectivity index (χ0v) is 21.3. The number of carbonyl (C=O) groups excluding carboxylic acids is 1. The minimum atomic E-state index is -0.161. The highest BCUT2D eigenvalue weighted by molar-refractivity contribution is 9.10. The summed E-state index contributed by atoms with van der Waals surface area (Å²) in [6, 6.07) is 19.9. The lowest BCUT2D eigenvalue weighted by Gasteiger charge is -2.20. The van der Waals surface area contributed by atoms with Crippen LogP contribution in [0.4, 0.5) is 0 Å². The van der Waals surface area contributed by atoms with Gasteiger partial charge in [-0.3, -0.25) is 4.79 Å². The summed E-state index contributed by atoms with van der Waals surface area (Å²) < 4.78 is 14.5. The van der Waals surface area contributed by atoms with E-state index < -0.39 is 0 Å². The van der Waals surface area contributed by atoms with Crippen molar-refractivity contribution in [2.24, 2.45) is 7.05 Å². The number of nitrogens with zero attached hydrogens (tertiary/aromatic N) is 1. The topological polar surface area (TPSA) is 40.5 Å². The fraction of sp³-hybridized carbons (Fsp3) is 0.222. The Balaban J connectivity index is 2.12. The van der Waals surface area contributed by atoms with Gasteiger partial charge in [0.25, 0.3) is 0 Å². The molecule has 0 aliphatic carbocycles. The molecule has 3 aromatic carbocycles. The second kappa shape index (κ2) is 9.62. The highest BCUT2D eigenvalue weighted by atomic mass is 79.9. The van der Waals surface area contributed by atoms with Gasteiger partial charge in [-0.25, -0.2) is 0 Å². The molecule has 1 heterocycles. The van der Waals surface area contributed by atoms with Crippen molar-refractivity contribution in [3.8, 4) is 22.6 Å². The molecule has 1 aromatic heterocycles. The van der Waals surface area contributed by atoms with Gasteiger partial charge in [-0.05, 0) is 42.3 Å². The molecule has 4 aromatic rings. The number of carbonyl (C=O) groups is 1. The van der Waals surface area contributed by atoms with Crippen LogP contribution in [0, 0.1) is 0 Å². The second-order valence-corrected chi connectivity index (χ2v) is 9.41. The van der Waals surface area contributed by atoms with Gasteiger partial charge in [0.05, 0.1) is 25.1 Å². The molecule has 6 heteroatoms. The fourth-order valence-corrected chi connectivity index (χ4v) is 4.86. The Kier molecular flexibility index (Phi) is 6.82. The van der Waals surface area contributed by atoms with E-state index in [0.717, 1.165) is 43.5 Å². The van der Waals surface area contributed by atoms with Gasteiger partial charge in [-0.2, -0.15) is 0 Å². The Morgan fingerprint density at radius 3 is 2.27 bits per heavy atom. The summed E-state index contributed by atoms with van der Waals surface area (Å²) in [5.41, 5.74) is 5.13. The lowest BCUT2D eigenvalue weighted by molar-refractivity contribution is -0.117. The van der Waals surface area contributed by atoms with Crippen LogP contribution < -0.4 is 9.47 Å². The van der Waals surface area contributed by atoms with E-state index in [0.29, 0.717) is 17.2 Å². The monoisotopic (exact) mass is 525 g/mol. The number of methoxy groups -OCH3 is 2. The molecule has 0 bridgehead atoms. The second-order valence-electron chi connectivity index (χ2n) is 8.06. The third kappa shape index (κ3) is 4.53. The molecule has 1 atom stereocenters. The van der Waals surface area contributed by atoms with Crippen LogP contribution in [0.1, 0.15) is 30.5 Å². The maximum absolute atomic E-state index is 12.4. The zero-order chi connectivity index (χ0) is 23.7. The molecule has 170 valence electrons. The lowest BCUT2D eigenvalue weighted by atomic mass is 9.86. The number of Topliss-reactive ketones (excluding diaryl/α,β-unsaturated/α-hetero) is 1. The molecule has 0 aliphatic rings. The molecule has 0 aliphatic heterocycles. The molecule has 4 rings (SSSR count). The van der Waals surface area contributed by atoms with Gasteiger partial charge in [-0.15, -0.1) is 0 Å². The molecule has 0 N–H and O–H groups in total. The van der Waals surface area contributed by atoms with E-state index in [4.69, 9.17) is 21.1 Å². The van der Waals surface area contributed by atoms with Crippen molar-refractivity contribution < 1.29 is 14.3 Å². The van der Waals surface area contributed by atoms with E-state index in [1.807, 2.05) is 55.6 Å². The smallest absolute Gasteiger partial charge is 0.132 e. The minimum absolute atomic E-state index is 0.117. The predicted molar refractivity (Wildman–Crippen MR) is 138 cm³/mol. The van der Waals surface area contributed by atoms with Crippen LogP contribution in [0.2, 0.25) is 5.02 Å². The number of ether oxygens (including phenoxy) is 2. The van der Waals surface area contributed by atoms with Gasteiger partial charge in [0, 0.05) is 52.3 Å². The van der Waals surface area contributed by atoms with Crippen LogP contribution in [0.3, 0.4) is 0 Å². The standard InChI is InChI=1S/C27H25BrClNO3/c1-16(31)13-22(17-7-11-20(29)12-8-17)27-25(18-5-9-19(28)10-6-18)26-23(30(27)2)14-21(32-3)15-24(26)33-4/h5-12,14-15,22H,13H2,1-4H3. The quantitative estimate of drug-likeness (QED) is 0.252. The van der Waals surface area contributed by atoms with E-state index in [9.17, 15) is 4.79 Å². The summed E-state index contributed by atoms with van der Waals surface area (Å²) in [4.78, 5) is 12.4. The maximum Gasteiger partial charge on any atom is 0.132 e. The zero-order valence-electron chi connectivity index (χ0n) is 19.0. The third-order valence-corrected chi connectivity index (χ3v) is 6.75. The first-order valence-electron chi connectivity index (χ1n) is 10.6. The van der Waals surface area contributed by atoms with Gasteiger partial charge >= 0.3 is 0 Å². The van der Waals surface area contributed by atoms with Crippen LogP contribution in [0.5, 0.6) is 11.5 Å². The van der Waals surface area contributed by atoms with Crippen molar-refractivity contribution in [1.29, 1.82) is 0 Å². The summed E-state index contributed by atoms with van der Waals surface area (Å²) >= 11 is 9.71. The van der Waals surface area contributed by atoms with Crippen LogP contribution >= 0.6 is 27.5 Å². The number of hydrogen-bond acceptors (Lipinski definition) is 3. The van der Waals surface area contributed by atoms with Gasteiger partial charge < -0.3 is 14.0 Å². The van der Waals surface area contributed by atoms with E-state index in [-0.39, 0.29) is 11.7 Å². The normalized spacial score (nSPS) is 12.1. The van der Waals surface area contributed by atoms with Crippen molar-refractivity contribution in [2.75, 3.05) is 14.2 Å². The van der Waals surface area contributed by atoms with E-state index in [1.54, 1.807) is 21.1 Å². The van der Waals surface area contributed by atoms with Crippen molar-refractivity contribution in [1.82, 2.24) is 4.57 Å². The molecule has 0 radical (unpaired) electrons. The van der Waals surface area contributed by atoms with Crippen molar-refractivity contribution in [3.63, 3.8) is 0 Å². The highest BCUT2D eigenvalue weighted by Gasteiger charge is 2.28. The van der Waals surface area contributed by atoms with E-state index in [2.05, 4.69) is 32.6 Å². The maximum atomic E-state index is 12.4. The SMILES string of the molecule is COc1cc(OC)c2c(-c3ccc(Br)cc3)c(C(CC(C)=O)c3ccc(Cl)cc3)n(C)c2c1. The fourth-order valence-electron chi connectivity index (χ4n) is 4.47. The average molecular weight is 527 g/mol. The number of hydrogen-bond donors (Lipinski definition) is 0. The van der Waals surface area contributed by atoms with Gasteiger partial charge in [-0.1, -0.05) is 51.8 Å². The Hall–Kier alpha value is -2.76. The summed E-state index contributed by atoms with van der Waals surface area (Å²) in [6.07, 6.45) is 0.370. The number of halogens is 2. The Labute approximate surface area is 207 Å². The molecule has 0 fully saturated rings. The number of benzene rings is 3. The molecule has 0 saturated heterocycles. The van der Waals surface area contributed by atoms with Gasteiger partial charge in [0.2, 0.25) is 0 Å². The largest absolute Gasteiger partial charge is 0.497 e. The predicted octanol–water partition coefficient (Wildman–Crippen LogP) is 7.39. The molecular weight excluding hydrogens is 502 g/mol. The number of ketones is 1. The summed E-state index contributed by atoms with van der Waals surface area (Å²) in [6.45, 7) is 1.63. The van der Waals surface area contributed by atoms with Crippen molar-refractivity contribution >= 4 is 44.2 Å². The van der Waals surface area contributed by atoms with Gasteiger partial charge in [0.1, 0.15) is 17.3 Å². The Morgan fingerprint density at radius 2 is 1.70 bits per heavy atom. The van der Waals surface area contributed by atoms with Crippen LogP contribution in [-0.4, -0.2) is 24.6 Å². The number of rotatable bonds is 7. The Morgan fingerprint density at radius 1 is 1.03 bits per heavy atom. The first kappa shape index (κ1) is 23.4. The Bertz CT molecular complexity index is 1310. The van der Waals surface area contributed by atoms with Crippen LogP contribution in [-0.2, 0) is 11.8 Å². The molecule has 33 heavy (non-hydrogen) atoms. The molecule has 1 unspecified atom stereocenters. The van der Waals surface area contributed by atoms with E-state index in [1.165, 1.54) is 0 Å². The lowest BCUT2D eigenvalue weighted by Crippen LogP contribution is -2.11. The summed E-state index contributed by atoms with van der Waals surface area (Å²) in [7, 11) is 5.34. The van der Waals surface area contributed by atoms with Crippen molar-refractivity contribution in [2.45, 2.75) is 19.3 Å². The molecule has 0 amide bonds. The highest BCUT2D eigenvalue weighted by Crippen LogP contribution is 2.46. The first-order chi connectivity index (χ1) is 15.8. The summed E-state index contributed by atoms with van der Waals surface area (Å²) in [5.74, 6) is 1.39. The average Bonchev–Trinajstić information content (AvgIpc) is 3.10. The number of aromatic nitrogens is 1. The first-order valence-corrected chi connectivity index (χ1v) is 11.8. The van der Waals surface area contributed by atoms with Crippen molar-refractivity contribution in [3.05, 3.63) is 81.4 Å². The van der Waals surface area contributed by atoms with Crippen LogP contribution in [0.25, 0.3) is 22.0 Å². The van der Waals surface area contributed by atoms with E-state index >= 15 is 0 Å². The molecular formula is C27H25BrClNO3. The van der Waals surface area contributed by atoms with Gasteiger partial charge in [0.15, 0.2) is 0 Å². The van der Waals surface area contributed by atoms with Crippen LogP contribution in [0.15, 0.2) is 65.1 Å². The molecule has 0 spiro atoms.